The van der Waals surface area contributed by atoms with Gasteiger partial charge in [-0.25, -0.2) is 10.0 Å². The van der Waals surface area contributed by atoms with E-state index in [0.717, 1.165) is 13.0 Å². The number of nitriles is 1. The summed E-state index contributed by atoms with van der Waals surface area (Å²) < 4.78 is 0.504. The summed E-state index contributed by atoms with van der Waals surface area (Å²) in [5, 5.41) is 17.7. The van der Waals surface area contributed by atoms with E-state index in [4.69, 9.17) is 10.7 Å². The molecule has 0 aromatic rings. The Morgan fingerprint density at radius 3 is 2.58 bits per heavy atom. The number of quaternary nitrogens is 1. The Bertz CT molecular complexity index is 190. The zero-order valence-electron chi connectivity index (χ0n) is 7.81. The molecule has 0 saturated carbocycles. The second-order valence-electron chi connectivity index (χ2n) is 3.13. The van der Waals surface area contributed by atoms with Gasteiger partial charge in [0.05, 0.1) is 14.1 Å². The smallest absolute Gasteiger partial charge is 0.248 e. The fourth-order valence-electron chi connectivity index (χ4n) is 1.00. The summed E-state index contributed by atoms with van der Waals surface area (Å²) in [5.41, 5.74) is 2.85. The number of hydrogen-bond acceptors (Lipinski definition) is 2. The van der Waals surface area contributed by atoms with E-state index in [0.29, 0.717) is 4.59 Å². The van der Waals surface area contributed by atoms with Crippen LogP contribution in [0.5, 0.6) is 0 Å². The molecule has 0 aliphatic carbocycles. The molecule has 0 unspecified atom stereocenters. The van der Waals surface area contributed by atoms with E-state index in [-0.39, 0.29) is 5.96 Å². The quantitative estimate of drug-likeness (QED) is 0.139. The summed E-state index contributed by atoms with van der Waals surface area (Å²) in [5.74, 6) is 0.0379. The Morgan fingerprint density at radius 2 is 2.17 bits per heavy atom. The molecule has 0 amide bonds. The van der Waals surface area contributed by atoms with Crippen LogP contribution in [0.3, 0.4) is 0 Å². The van der Waals surface area contributed by atoms with Gasteiger partial charge in [0.2, 0.25) is 5.96 Å². The van der Waals surface area contributed by atoms with Gasteiger partial charge in [-0.1, -0.05) is 6.92 Å². The highest BCUT2D eigenvalue weighted by atomic mass is 15.7. The first-order valence-electron chi connectivity index (χ1n) is 3.86. The molecule has 12 heavy (non-hydrogen) atoms. The molecule has 0 saturated heterocycles. The van der Waals surface area contributed by atoms with Gasteiger partial charge in [-0.05, 0) is 6.42 Å². The van der Waals surface area contributed by atoms with Gasteiger partial charge in [0, 0.05) is 0 Å². The van der Waals surface area contributed by atoms with Crippen LogP contribution in [-0.2, 0) is 0 Å². The molecule has 0 aliphatic heterocycles. The molecule has 0 radical (unpaired) electrons. The third-order valence-corrected chi connectivity index (χ3v) is 1.38. The van der Waals surface area contributed by atoms with Gasteiger partial charge in [0.25, 0.3) is 0 Å². The number of nitrogens with one attached hydrogen (secondary N) is 3. The Balaban J connectivity index is 3.89. The topological polar surface area (TPSA) is 71.7 Å². The number of rotatable bonds is 3. The van der Waals surface area contributed by atoms with Crippen LogP contribution in [0.4, 0.5) is 0 Å². The maximum absolute atomic E-state index is 8.21. The predicted molar refractivity (Wildman–Crippen MR) is 46.9 cm³/mol. The van der Waals surface area contributed by atoms with Crippen molar-refractivity contribution in [2.24, 2.45) is 0 Å². The Kier molecular flexibility index (Phi) is 4.08. The Morgan fingerprint density at radius 1 is 1.58 bits per heavy atom. The van der Waals surface area contributed by atoms with Gasteiger partial charge in [0.15, 0.2) is 6.19 Å². The molecule has 5 heteroatoms. The minimum atomic E-state index is 0.0379. The van der Waals surface area contributed by atoms with Crippen molar-refractivity contribution in [3.8, 4) is 6.19 Å². The highest BCUT2D eigenvalue weighted by Gasteiger charge is 2.14. The van der Waals surface area contributed by atoms with E-state index >= 15 is 0 Å². The largest absolute Gasteiger partial charge is 0.265 e. The Hall–Kier alpha value is -1.28. The van der Waals surface area contributed by atoms with Gasteiger partial charge < -0.3 is 0 Å². The minimum absolute atomic E-state index is 0.0379. The maximum Gasteiger partial charge on any atom is 0.248 e. The number of guanidine groups is 1. The lowest BCUT2D eigenvalue weighted by atomic mass is 10.4. The van der Waals surface area contributed by atoms with Crippen LogP contribution in [0.1, 0.15) is 13.3 Å². The summed E-state index contributed by atoms with van der Waals surface area (Å²) >= 11 is 0. The number of nitrogens with zero attached hydrogens (tertiary/aromatic N) is 2. The highest BCUT2D eigenvalue weighted by Crippen LogP contribution is 1.92. The van der Waals surface area contributed by atoms with Crippen molar-refractivity contribution in [1.29, 1.82) is 10.7 Å². The zero-order chi connectivity index (χ0) is 9.61. The molecular formula is C7H16N5+. The summed E-state index contributed by atoms with van der Waals surface area (Å²) in [7, 11) is 3.88. The first-order chi connectivity index (χ1) is 5.52. The molecule has 0 aliphatic rings. The van der Waals surface area contributed by atoms with E-state index in [1.807, 2.05) is 14.1 Å². The summed E-state index contributed by atoms with van der Waals surface area (Å²) in [6, 6.07) is 0. The molecule has 0 fully saturated rings. The van der Waals surface area contributed by atoms with Crippen molar-refractivity contribution in [2.45, 2.75) is 13.3 Å². The molecule has 0 bridgehead atoms. The van der Waals surface area contributed by atoms with Crippen molar-refractivity contribution < 1.29 is 4.59 Å². The Labute approximate surface area is 73.0 Å². The van der Waals surface area contributed by atoms with Crippen LogP contribution >= 0.6 is 0 Å². The molecule has 3 N–H and O–H groups in total. The first-order valence-corrected chi connectivity index (χ1v) is 3.86. The lowest BCUT2D eigenvalue weighted by Crippen LogP contribution is -2.57. The van der Waals surface area contributed by atoms with Crippen molar-refractivity contribution in [2.75, 3.05) is 20.6 Å². The molecular weight excluding hydrogens is 154 g/mol. The van der Waals surface area contributed by atoms with Crippen molar-refractivity contribution >= 4 is 5.96 Å². The second kappa shape index (κ2) is 4.57. The van der Waals surface area contributed by atoms with Crippen LogP contribution < -0.4 is 10.7 Å². The van der Waals surface area contributed by atoms with E-state index in [1.54, 1.807) is 6.19 Å². The van der Waals surface area contributed by atoms with Crippen LogP contribution in [0.15, 0.2) is 0 Å². The SMILES string of the molecule is CCC[N+](C)(C)NC(=N)NC#N. The molecule has 0 aromatic heterocycles. The maximum atomic E-state index is 8.21. The minimum Gasteiger partial charge on any atom is -0.265 e. The molecule has 0 heterocycles. The van der Waals surface area contributed by atoms with Gasteiger partial charge in [-0.3, -0.25) is 10.7 Å². The molecule has 0 atom stereocenters. The van der Waals surface area contributed by atoms with Crippen LogP contribution in [-0.4, -0.2) is 31.2 Å². The lowest BCUT2D eigenvalue weighted by molar-refractivity contribution is -0.924. The zero-order valence-corrected chi connectivity index (χ0v) is 7.81. The summed E-state index contributed by atoms with van der Waals surface area (Å²) in [6.45, 7) is 2.98. The average molecular weight is 170 g/mol. The highest BCUT2D eigenvalue weighted by molar-refractivity contribution is 5.76. The van der Waals surface area contributed by atoms with Crippen molar-refractivity contribution in [3.63, 3.8) is 0 Å². The molecule has 0 rings (SSSR count). The van der Waals surface area contributed by atoms with Gasteiger partial charge in [0.1, 0.15) is 6.54 Å². The van der Waals surface area contributed by atoms with E-state index in [2.05, 4.69) is 17.7 Å². The van der Waals surface area contributed by atoms with Crippen LogP contribution in [0.25, 0.3) is 0 Å². The standard InChI is InChI=1S/C7H16N5/c1-4-5-12(2,3)11-7(9)10-6-8/h4-5H2,1-3H3,(H3,9,10,11)/q+1. The third-order valence-electron chi connectivity index (χ3n) is 1.38. The lowest BCUT2D eigenvalue weighted by Gasteiger charge is -2.28. The van der Waals surface area contributed by atoms with E-state index < -0.39 is 0 Å². The normalized spacial score (nSPS) is 10.2. The van der Waals surface area contributed by atoms with Crippen molar-refractivity contribution in [1.82, 2.24) is 10.7 Å². The summed E-state index contributed by atoms with van der Waals surface area (Å²) in [6.07, 6.45) is 2.71. The average Bonchev–Trinajstić information content (AvgIpc) is 1.85. The third kappa shape index (κ3) is 4.52. The predicted octanol–water partition coefficient (Wildman–Crippen LogP) is -0.0171. The molecule has 68 valence electrons. The fourth-order valence-corrected chi connectivity index (χ4v) is 1.00. The molecule has 0 aromatic carbocycles. The number of hydrogen-bond donors (Lipinski definition) is 3. The molecule has 0 spiro atoms. The van der Waals surface area contributed by atoms with Gasteiger partial charge in [-0.2, -0.15) is 5.26 Å². The van der Waals surface area contributed by atoms with Crippen LogP contribution in [0.2, 0.25) is 0 Å². The van der Waals surface area contributed by atoms with E-state index in [9.17, 15) is 0 Å². The van der Waals surface area contributed by atoms with Gasteiger partial charge >= 0.3 is 0 Å². The van der Waals surface area contributed by atoms with Crippen LogP contribution in [0, 0.1) is 16.9 Å². The second-order valence-corrected chi connectivity index (χ2v) is 3.13. The van der Waals surface area contributed by atoms with E-state index in [1.165, 1.54) is 0 Å². The van der Waals surface area contributed by atoms with Crippen molar-refractivity contribution in [3.05, 3.63) is 0 Å². The molecule has 5 nitrogen and oxygen atoms in total. The van der Waals surface area contributed by atoms with Gasteiger partial charge in [-0.15, -0.1) is 0 Å². The fraction of sp³-hybridized carbons (Fsp3) is 0.714. The first kappa shape index (κ1) is 10.7. The monoisotopic (exact) mass is 170 g/mol. The summed E-state index contributed by atoms with van der Waals surface area (Å²) in [4.78, 5) is 0.